The molecule has 18 heavy (non-hydrogen) atoms. The van der Waals surface area contributed by atoms with Crippen molar-refractivity contribution >= 4 is 5.82 Å². The number of anilines is 1. The van der Waals surface area contributed by atoms with Crippen molar-refractivity contribution in [3.8, 4) is 0 Å². The molecule has 1 aliphatic heterocycles. The van der Waals surface area contributed by atoms with Crippen LogP contribution in [0.5, 0.6) is 0 Å². The summed E-state index contributed by atoms with van der Waals surface area (Å²) in [6.45, 7) is 2.52. The summed E-state index contributed by atoms with van der Waals surface area (Å²) in [6.07, 6.45) is 3.56. The fourth-order valence-electron chi connectivity index (χ4n) is 2.42. The molecular formula is C12H20N4O2. The Morgan fingerprint density at radius 1 is 1.06 bits per heavy atom. The minimum absolute atomic E-state index is 0.277. The van der Waals surface area contributed by atoms with Gasteiger partial charge < -0.3 is 5.73 Å². The summed E-state index contributed by atoms with van der Waals surface area (Å²) in [5.41, 5.74) is 5.77. The Bertz CT molecular complexity index is 552. The molecule has 0 radical (unpaired) electrons. The third-order valence-corrected chi connectivity index (χ3v) is 3.64. The lowest BCUT2D eigenvalue weighted by Gasteiger charge is -2.26. The van der Waals surface area contributed by atoms with Gasteiger partial charge in [-0.3, -0.25) is 18.8 Å². The summed E-state index contributed by atoms with van der Waals surface area (Å²) < 4.78 is 2.45. The van der Waals surface area contributed by atoms with Crippen LogP contribution < -0.4 is 17.0 Å². The molecule has 1 fully saturated rings. The van der Waals surface area contributed by atoms with E-state index in [0.717, 1.165) is 30.5 Å². The molecule has 0 aliphatic carbocycles. The minimum atomic E-state index is -0.375. The first-order valence-electron chi connectivity index (χ1n) is 6.29. The van der Waals surface area contributed by atoms with Crippen LogP contribution in [0.25, 0.3) is 0 Å². The highest BCUT2D eigenvalue weighted by molar-refractivity contribution is 5.38. The molecule has 1 aromatic rings. The van der Waals surface area contributed by atoms with Gasteiger partial charge in [-0.15, -0.1) is 0 Å². The van der Waals surface area contributed by atoms with E-state index in [1.165, 1.54) is 18.0 Å². The molecule has 0 aromatic carbocycles. The fourth-order valence-corrected chi connectivity index (χ4v) is 2.42. The van der Waals surface area contributed by atoms with Crippen LogP contribution in [0.4, 0.5) is 5.82 Å². The number of nitrogens with zero attached hydrogens (tertiary/aromatic N) is 3. The molecule has 0 amide bonds. The van der Waals surface area contributed by atoms with Gasteiger partial charge in [-0.1, -0.05) is 6.42 Å². The van der Waals surface area contributed by atoms with Gasteiger partial charge in [0.2, 0.25) is 0 Å². The van der Waals surface area contributed by atoms with E-state index in [9.17, 15) is 9.59 Å². The van der Waals surface area contributed by atoms with E-state index >= 15 is 0 Å². The molecule has 0 spiro atoms. The Balaban J connectivity index is 2.38. The number of rotatable bonds is 2. The first-order chi connectivity index (χ1) is 8.52. The van der Waals surface area contributed by atoms with Gasteiger partial charge in [0.05, 0.1) is 5.56 Å². The zero-order chi connectivity index (χ0) is 13.3. The summed E-state index contributed by atoms with van der Waals surface area (Å²) in [4.78, 5) is 26.0. The van der Waals surface area contributed by atoms with Gasteiger partial charge in [0.15, 0.2) is 0 Å². The maximum Gasteiger partial charge on any atom is 0.332 e. The molecule has 6 nitrogen and oxygen atoms in total. The van der Waals surface area contributed by atoms with Crippen molar-refractivity contribution in [2.75, 3.05) is 18.8 Å². The molecule has 1 aromatic heterocycles. The average Bonchev–Trinajstić information content (AvgIpc) is 2.40. The van der Waals surface area contributed by atoms with Gasteiger partial charge in [0.25, 0.3) is 5.56 Å². The van der Waals surface area contributed by atoms with Gasteiger partial charge >= 0.3 is 5.69 Å². The predicted molar refractivity (Wildman–Crippen MR) is 70.5 cm³/mol. The normalized spacial score (nSPS) is 17.0. The lowest BCUT2D eigenvalue weighted by Crippen LogP contribution is -2.42. The molecular weight excluding hydrogens is 232 g/mol. The van der Waals surface area contributed by atoms with Crippen LogP contribution in [0.3, 0.4) is 0 Å². The van der Waals surface area contributed by atoms with E-state index in [2.05, 4.69) is 4.90 Å². The molecule has 0 bridgehead atoms. The van der Waals surface area contributed by atoms with Crippen LogP contribution >= 0.6 is 0 Å². The Hall–Kier alpha value is -1.56. The largest absolute Gasteiger partial charge is 0.385 e. The SMILES string of the molecule is Cn1c(N)c(CN2CCCCC2)c(=O)n(C)c1=O. The lowest BCUT2D eigenvalue weighted by atomic mass is 10.1. The Labute approximate surface area is 106 Å². The highest BCUT2D eigenvalue weighted by Crippen LogP contribution is 2.13. The Kier molecular flexibility index (Phi) is 3.56. The van der Waals surface area contributed by atoms with E-state index < -0.39 is 0 Å². The molecule has 6 heteroatoms. The van der Waals surface area contributed by atoms with Gasteiger partial charge in [-0.25, -0.2) is 4.79 Å². The first kappa shape index (κ1) is 12.9. The number of hydrogen-bond acceptors (Lipinski definition) is 4. The minimum Gasteiger partial charge on any atom is -0.385 e. The van der Waals surface area contributed by atoms with E-state index in [0.29, 0.717) is 12.1 Å². The topological polar surface area (TPSA) is 73.3 Å². The van der Waals surface area contributed by atoms with Crippen molar-refractivity contribution in [2.45, 2.75) is 25.8 Å². The molecule has 0 atom stereocenters. The number of nitrogens with two attached hydrogens (primary N) is 1. The van der Waals surface area contributed by atoms with Crippen molar-refractivity contribution in [2.24, 2.45) is 14.1 Å². The van der Waals surface area contributed by atoms with Crippen LogP contribution in [0.1, 0.15) is 24.8 Å². The Morgan fingerprint density at radius 3 is 2.28 bits per heavy atom. The molecule has 0 unspecified atom stereocenters. The van der Waals surface area contributed by atoms with E-state index in [1.54, 1.807) is 7.05 Å². The van der Waals surface area contributed by atoms with Crippen molar-refractivity contribution in [3.05, 3.63) is 26.4 Å². The molecule has 2 N–H and O–H groups in total. The molecule has 1 saturated heterocycles. The second-order valence-electron chi connectivity index (χ2n) is 4.91. The monoisotopic (exact) mass is 252 g/mol. The van der Waals surface area contributed by atoms with E-state index in [1.807, 2.05) is 0 Å². The number of likely N-dealkylation sites (tertiary alicyclic amines) is 1. The second-order valence-corrected chi connectivity index (χ2v) is 4.91. The standard InChI is InChI=1S/C12H20N4O2/c1-14-10(13)9(11(17)15(2)12(14)18)8-16-6-4-3-5-7-16/h3-8,13H2,1-2H3. The van der Waals surface area contributed by atoms with Crippen LogP contribution in [-0.4, -0.2) is 27.1 Å². The molecule has 2 rings (SSSR count). The summed E-state index contributed by atoms with van der Waals surface area (Å²) in [6, 6.07) is 0. The van der Waals surface area contributed by atoms with Crippen molar-refractivity contribution in [1.82, 2.24) is 14.0 Å². The molecule has 0 saturated carbocycles. The third-order valence-electron chi connectivity index (χ3n) is 3.64. The first-order valence-corrected chi connectivity index (χ1v) is 6.29. The summed E-state index contributed by atoms with van der Waals surface area (Å²) in [7, 11) is 3.08. The average molecular weight is 252 g/mol. The van der Waals surface area contributed by atoms with Gasteiger partial charge in [0, 0.05) is 20.6 Å². The number of nitrogen functional groups attached to an aromatic ring is 1. The van der Waals surface area contributed by atoms with Crippen molar-refractivity contribution < 1.29 is 0 Å². The third kappa shape index (κ3) is 2.20. The quantitative estimate of drug-likeness (QED) is 0.781. The van der Waals surface area contributed by atoms with E-state index in [-0.39, 0.29) is 17.1 Å². The van der Waals surface area contributed by atoms with Gasteiger partial charge in [-0.05, 0) is 25.9 Å². The van der Waals surface area contributed by atoms with Crippen molar-refractivity contribution in [3.63, 3.8) is 0 Å². The molecule has 100 valence electrons. The number of aromatic nitrogens is 2. The van der Waals surface area contributed by atoms with Crippen LogP contribution in [0.2, 0.25) is 0 Å². The van der Waals surface area contributed by atoms with Crippen LogP contribution in [-0.2, 0) is 20.6 Å². The summed E-state index contributed by atoms with van der Waals surface area (Å²) >= 11 is 0. The van der Waals surface area contributed by atoms with Crippen molar-refractivity contribution in [1.29, 1.82) is 0 Å². The smallest absolute Gasteiger partial charge is 0.332 e. The fraction of sp³-hybridized carbons (Fsp3) is 0.667. The molecule has 1 aliphatic rings. The maximum atomic E-state index is 12.1. The highest BCUT2D eigenvalue weighted by Gasteiger charge is 2.17. The summed E-state index contributed by atoms with van der Waals surface area (Å²) in [5.74, 6) is 0.286. The van der Waals surface area contributed by atoms with Gasteiger partial charge in [0.1, 0.15) is 5.82 Å². The number of hydrogen-bond donors (Lipinski definition) is 1. The van der Waals surface area contributed by atoms with E-state index in [4.69, 9.17) is 5.73 Å². The number of piperidine rings is 1. The Morgan fingerprint density at radius 2 is 1.67 bits per heavy atom. The second kappa shape index (κ2) is 4.97. The predicted octanol–water partition coefficient (Wildman–Crippen LogP) is -0.348. The highest BCUT2D eigenvalue weighted by atomic mass is 16.2. The summed E-state index contributed by atoms with van der Waals surface area (Å²) in [5, 5.41) is 0. The molecule has 2 heterocycles. The van der Waals surface area contributed by atoms with Crippen LogP contribution in [0, 0.1) is 0 Å². The lowest BCUT2D eigenvalue weighted by molar-refractivity contribution is 0.219. The van der Waals surface area contributed by atoms with Crippen LogP contribution in [0.15, 0.2) is 9.59 Å². The zero-order valence-electron chi connectivity index (χ0n) is 11.0. The maximum absolute atomic E-state index is 12.1. The van der Waals surface area contributed by atoms with Gasteiger partial charge in [-0.2, -0.15) is 0 Å². The zero-order valence-corrected chi connectivity index (χ0v) is 11.0.